The lowest BCUT2D eigenvalue weighted by Gasteiger charge is -2.03. The molecular formula is C18H15NO. The van der Waals surface area contributed by atoms with E-state index in [9.17, 15) is 4.79 Å². The summed E-state index contributed by atoms with van der Waals surface area (Å²) in [6.45, 7) is 0. The third-order valence-electron chi connectivity index (χ3n) is 3.44. The fraction of sp³-hybridized carbons (Fsp3) is 0.0556. The van der Waals surface area contributed by atoms with E-state index in [1.54, 1.807) is 6.08 Å². The van der Waals surface area contributed by atoms with Crippen molar-refractivity contribution < 1.29 is 4.79 Å². The minimum absolute atomic E-state index is 0.0306. The second-order valence-corrected chi connectivity index (χ2v) is 4.77. The number of ketones is 1. The first-order valence-corrected chi connectivity index (χ1v) is 6.57. The SMILES string of the molecule is Cn1cccc1/C=C/C(=O)c1cccc2ccccc12. The molecule has 0 aliphatic heterocycles. The summed E-state index contributed by atoms with van der Waals surface area (Å²) < 4.78 is 1.98. The van der Waals surface area contributed by atoms with Crippen LogP contribution in [0.5, 0.6) is 0 Å². The van der Waals surface area contributed by atoms with Crippen LogP contribution in [0.25, 0.3) is 16.8 Å². The third kappa shape index (κ3) is 2.28. The molecule has 0 bridgehead atoms. The fourth-order valence-electron chi connectivity index (χ4n) is 2.34. The highest BCUT2D eigenvalue weighted by molar-refractivity contribution is 6.14. The zero-order chi connectivity index (χ0) is 13.9. The third-order valence-corrected chi connectivity index (χ3v) is 3.44. The fourth-order valence-corrected chi connectivity index (χ4v) is 2.34. The van der Waals surface area contributed by atoms with Gasteiger partial charge >= 0.3 is 0 Å². The van der Waals surface area contributed by atoms with Crippen LogP contribution in [0.2, 0.25) is 0 Å². The van der Waals surface area contributed by atoms with E-state index in [1.807, 2.05) is 78.5 Å². The van der Waals surface area contributed by atoms with E-state index in [2.05, 4.69) is 0 Å². The molecule has 2 nitrogen and oxygen atoms in total. The van der Waals surface area contributed by atoms with Crippen molar-refractivity contribution in [3.8, 4) is 0 Å². The van der Waals surface area contributed by atoms with Gasteiger partial charge < -0.3 is 4.57 Å². The largest absolute Gasteiger partial charge is 0.351 e. The Balaban J connectivity index is 1.97. The number of benzene rings is 2. The van der Waals surface area contributed by atoms with Crippen LogP contribution < -0.4 is 0 Å². The molecule has 0 unspecified atom stereocenters. The molecule has 0 aliphatic carbocycles. The molecule has 0 saturated heterocycles. The van der Waals surface area contributed by atoms with Crippen molar-refractivity contribution in [3.05, 3.63) is 78.1 Å². The van der Waals surface area contributed by atoms with Gasteiger partial charge in [-0.2, -0.15) is 0 Å². The lowest BCUT2D eigenvalue weighted by Crippen LogP contribution is -1.96. The van der Waals surface area contributed by atoms with Crippen LogP contribution in [-0.4, -0.2) is 10.4 Å². The number of aryl methyl sites for hydroxylation is 1. The summed E-state index contributed by atoms with van der Waals surface area (Å²) in [5, 5.41) is 2.09. The lowest BCUT2D eigenvalue weighted by atomic mass is 10.0. The summed E-state index contributed by atoms with van der Waals surface area (Å²) in [5.41, 5.74) is 1.76. The molecule has 0 atom stereocenters. The van der Waals surface area contributed by atoms with Gasteiger partial charge in [0.15, 0.2) is 5.78 Å². The summed E-state index contributed by atoms with van der Waals surface area (Å²) in [4.78, 5) is 12.4. The molecule has 3 aromatic rings. The number of hydrogen-bond acceptors (Lipinski definition) is 1. The van der Waals surface area contributed by atoms with E-state index in [4.69, 9.17) is 0 Å². The van der Waals surface area contributed by atoms with Crippen molar-refractivity contribution in [2.75, 3.05) is 0 Å². The van der Waals surface area contributed by atoms with Crippen LogP contribution in [0.1, 0.15) is 16.1 Å². The number of hydrogen-bond donors (Lipinski definition) is 0. The van der Waals surface area contributed by atoms with Gasteiger partial charge in [-0.05, 0) is 35.1 Å². The molecule has 98 valence electrons. The van der Waals surface area contributed by atoms with Gasteiger partial charge in [0.1, 0.15) is 0 Å². The molecule has 1 aromatic heterocycles. The van der Waals surface area contributed by atoms with E-state index in [-0.39, 0.29) is 5.78 Å². The van der Waals surface area contributed by atoms with Gasteiger partial charge in [0.25, 0.3) is 0 Å². The second kappa shape index (κ2) is 5.17. The Labute approximate surface area is 118 Å². The number of aromatic nitrogens is 1. The van der Waals surface area contributed by atoms with Crippen LogP contribution in [0.4, 0.5) is 0 Å². The zero-order valence-electron chi connectivity index (χ0n) is 11.3. The van der Waals surface area contributed by atoms with Crippen LogP contribution in [0.15, 0.2) is 66.9 Å². The maximum Gasteiger partial charge on any atom is 0.186 e. The summed E-state index contributed by atoms with van der Waals surface area (Å²) in [6, 6.07) is 17.7. The van der Waals surface area contributed by atoms with E-state index in [1.165, 1.54) is 0 Å². The summed E-state index contributed by atoms with van der Waals surface area (Å²) in [7, 11) is 1.96. The van der Waals surface area contributed by atoms with Gasteiger partial charge in [-0.1, -0.05) is 42.5 Å². The van der Waals surface area contributed by atoms with Crippen LogP contribution in [-0.2, 0) is 7.05 Å². The smallest absolute Gasteiger partial charge is 0.186 e. The molecule has 0 spiro atoms. The first-order valence-electron chi connectivity index (χ1n) is 6.57. The van der Waals surface area contributed by atoms with Gasteiger partial charge in [0.2, 0.25) is 0 Å². The Morgan fingerprint density at radius 1 is 1.00 bits per heavy atom. The van der Waals surface area contributed by atoms with Crippen molar-refractivity contribution in [1.29, 1.82) is 0 Å². The molecule has 2 aromatic carbocycles. The number of carbonyl (C=O) groups is 1. The maximum absolute atomic E-state index is 12.4. The minimum atomic E-state index is 0.0306. The Morgan fingerprint density at radius 3 is 2.60 bits per heavy atom. The summed E-state index contributed by atoms with van der Waals surface area (Å²) >= 11 is 0. The van der Waals surface area contributed by atoms with Crippen molar-refractivity contribution >= 4 is 22.6 Å². The molecule has 0 amide bonds. The second-order valence-electron chi connectivity index (χ2n) is 4.77. The van der Waals surface area contributed by atoms with Crippen LogP contribution in [0, 0.1) is 0 Å². The molecule has 0 N–H and O–H groups in total. The Morgan fingerprint density at radius 2 is 1.80 bits per heavy atom. The molecule has 0 aliphatic rings. The van der Waals surface area contributed by atoms with E-state index in [0.29, 0.717) is 0 Å². The van der Waals surface area contributed by atoms with Crippen molar-refractivity contribution in [3.63, 3.8) is 0 Å². The molecule has 1 heterocycles. The van der Waals surface area contributed by atoms with Gasteiger partial charge in [0, 0.05) is 24.5 Å². The van der Waals surface area contributed by atoms with Crippen LogP contribution >= 0.6 is 0 Å². The molecule has 2 heteroatoms. The first-order chi connectivity index (χ1) is 9.75. The monoisotopic (exact) mass is 261 g/mol. The number of nitrogens with zero attached hydrogens (tertiary/aromatic N) is 1. The highest BCUT2D eigenvalue weighted by Crippen LogP contribution is 2.19. The van der Waals surface area contributed by atoms with Gasteiger partial charge in [-0.25, -0.2) is 0 Å². The molecule has 0 saturated carbocycles. The van der Waals surface area contributed by atoms with Gasteiger partial charge in [-0.15, -0.1) is 0 Å². The first kappa shape index (κ1) is 12.4. The van der Waals surface area contributed by atoms with Crippen molar-refractivity contribution in [1.82, 2.24) is 4.57 Å². The van der Waals surface area contributed by atoms with Crippen molar-refractivity contribution in [2.24, 2.45) is 7.05 Å². The lowest BCUT2D eigenvalue weighted by molar-refractivity contribution is 0.104. The molecule has 20 heavy (non-hydrogen) atoms. The Hall–Kier alpha value is -2.61. The topological polar surface area (TPSA) is 22.0 Å². The predicted molar refractivity (Wildman–Crippen MR) is 82.7 cm³/mol. The van der Waals surface area contributed by atoms with E-state index < -0.39 is 0 Å². The van der Waals surface area contributed by atoms with E-state index >= 15 is 0 Å². The van der Waals surface area contributed by atoms with E-state index in [0.717, 1.165) is 22.0 Å². The quantitative estimate of drug-likeness (QED) is 0.514. The Bertz CT molecular complexity index is 791. The number of allylic oxidation sites excluding steroid dienone is 1. The number of carbonyl (C=O) groups excluding carboxylic acids is 1. The standard InChI is InChI=1S/C18H15NO/c1-19-13-5-8-15(19)11-12-18(20)17-10-4-7-14-6-2-3-9-16(14)17/h2-13H,1H3/b12-11+. The van der Waals surface area contributed by atoms with Gasteiger partial charge in [0.05, 0.1) is 0 Å². The maximum atomic E-state index is 12.4. The number of fused-ring (bicyclic) bond motifs is 1. The average molecular weight is 261 g/mol. The minimum Gasteiger partial charge on any atom is -0.351 e. The average Bonchev–Trinajstić information content (AvgIpc) is 2.89. The van der Waals surface area contributed by atoms with Crippen LogP contribution in [0.3, 0.4) is 0 Å². The highest BCUT2D eigenvalue weighted by atomic mass is 16.1. The Kier molecular flexibility index (Phi) is 3.21. The molecule has 3 rings (SSSR count). The molecular weight excluding hydrogens is 246 g/mol. The number of rotatable bonds is 3. The van der Waals surface area contributed by atoms with Crippen molar-refractivity contribution in [2.45, 2.75) is 0 Å². The summed E-state index contributed by atoms with van der Waals surface area (Å²) in [6.07, 6.45) is 5.45. The zero-order valence-corrected chi connectivity index (χ0v) is 11.3. The van der Waals surface area contributed by atoms with Gasteiger partial charge in [-0.3, -0.25) is 4.79 Å². The molecule has 0 fully saturated rings. The normalized spacial score (nSPS) is 11.2. The molecule has 0 radical (unpaired) electrons. The highest BCUT2D eigenvalue weighted by Gasteiger charge is 2.06. The predicted octanol–water partition coefficient (Wildman–Crippen LogP) is 4.07. The summed E-state index contributed by atoms with van der Waals surface area (Å²) in [5.74, 6) is 0.0306.